The van der Waals surface area contributed by atoms with Crippen LogP contribution in [-0.2, 0) is 12.8 Å². The molecule has 3 aromatic carbocycles. The second kappa shape index (κ2) is 20.4. The summed E-state index contributed by atoms with van der Waals surface area (Å²) in [5.74, 6) is 0. The molecule has 6 aromatic rings. The normalized spacial score (nSPS) is 11.7. The standard InChI is InChI=1S/C50H56N2S3Si2/c1-7-31-56(32-8-2,33-9-3)37-13-15-39-17-21-41(22-18-39)45-27-29-47(53-45)43-25-26-44(50-49(43)51-55-52-50)48-30-28-46(54-48)42-23-19-40(20-24-42)16-14-38-57(34-10-4,35-11-5)36-12-6/h7-12,17-30H,1-6,13-16,31-38H2. The van der Waals surface area contributed by atoms with Crippen LogP contribution in [0.5, 0.6) is 0 Å². The zero-order valence-electron chi connectivity index (χ0n) is 33.4. The zero-order valence-corrected chi connectivity index (χ0v) is 37.8. The summed E-state index contributed by atoms with van der Waals surface area (Å²) in [5, 5.41) is 0. The summed E-state index contributed by atoms with van der Waals surface area (Å²) in [6.07, 6.45) is 17.3. The average molecular weight is 837 g/mol. The van der Waals surface area contributed by atoms with Crippen molar-refractivity contribution in [1.82, 2.24) is 8.75 Å². The third kappa shape index (κ3) is 10.4. The number of benzene rings is 3. The van der Waals surface area contributed by atoms with Gasteiger partial charge in [0, 0.05) is 30.6 Å². The van der Waals surface area contributed by atoms with Crippen molar-refractivity contribution >= 4 is 61.6 Å². The number of nitrogens with zero attached hydrogens (tertiary/aromatic N) is 2. The molecule has 0 aliphatic rings. The Labute approximate surface area is 355 Å². The molecule has 0 bridgehead atoms. The van der Waals surface area contributed by atoms with E-state index in [1.807, 2.05) is 22.7 Å². The highest BCUT2D eigenvalue weighted by atomic mass is 32.1. The highest BCUT2D eigenvalue weighted by Crippen LogP contribution is 2.43. The largest absolute Gasteiger partial charge is 0.172 e. The Balaban J connectivity index is 1.10. The van der Waals surface area contributed by atoms with Gasteiger partial charge in [-0.3, -0.25) is 0 Å². The topological polar surface area (TPSA) is 25.8 Å². The number of hydrogen-bond acceptors (Lipinski definition) is 5. The molecule has 0 radical (unpaired) electrons. The lowest BCUT2D eigenvalue weighted by Crippen LogP contribution is -2.32. The number of allylic oxidation sites excluding steroid dienone is 6. The van der Waals surface area contributed by atoms with Crippen molar-refractivity contribution in [3.05, 3.63) is 172 Å². The number of aryl methyl sites for hydroxylation is 2. The summed E-state index contributed by atoms with van der Waals surface area (Å²) >= 11 is 4.94. The average Bonchev–Trinajstić information content (AvgIpc) is 4.01. The number of hydrogen-bond donors (Lipinski definition) is 0. The molecule has 0 aliphatic carbocycles. The van der Waals surface area contributed by atoms with Crippen LogP contribution >= 0.6 is 34.4 Å². The molecule has 0 fully saturated rings. The second-order valence-corrected chi connectivity index (χ2v) is 27.7. The van der Waals surface area contributed by atoms with Gasteiger partial charge in [-0.25, -0.2) is 0 Å². The Kier molecular flexibility index (Phi) is 15.2. The lowest BCUT2D eigenvalue weighted by Gasteiger charge is -2.28. The lowest BCUT2D eigenvalue weighted by atomic mass is 10.1. The van der Waals surface area contributed by atoms with E-state index in [2.05, 4.69) is 161 Å². The predicted molar refractivity (Wildman–Crippen MR) is 263 cm³/mol. The van der Waals surface area contributed by atoms with Crippen molar-refractivity contribution in [2.75, 3.05) is 0 Å². The summed E-state index contributed by atoms with van der Waals surface area (Å²) in [6.45, 7) is 24.3. The molecule has 0 saturated carbocycles. The summed E-state index contributed by atoms with van der Waals surface area (Å²) in [7, 11) is -2.95. The molecule has 0 atom stereocenters. The van der Waals surface area contributed by atoms with E-state index in [-0.39, 0.29) is 0 Å². The summed E-state index contributed by atoms with van der Waals surface area (Å²) in [4.78, 5) is 4.97. The Morgan fingerprint density at radius 2 is 0.754 bits per heavy atom. The van der Waals surface area contributed by atoms with Gasteiger partial charge in [0.05, 0.1) is 27.9 Å². The molecule has 3 aromatic heterocycles. The van der Waals surface area contributed by atoms with E-state index >= 15 is 0 Å². The van der Waals surface area contributed by atoms with E-state index in [1.54, 1.807) is 0 Å². The first kappa shape index (κ1) is 42.4. The van der Waals surface area contributed by atoms with Gasteiger partial charge in [-0.2, -0.15) is 8.75 Å². The molecule has 0 spiro atoms. The molecule has 292 valence electrons. The van der Waals surface area contributed by atoms with E-state index < -0.39 is 16.1 Å². The van der Waals surface area contributed by atoms with Crippen LogP contribution in [0.15, 0.2) is 161 Å². The van der Waals surface area contributed by atoms with E-state index in [4.69, 9.17) is 8.75 Å². The molecule has 2 nitrogen and oxygen atoms in total. The molecule has 0 unspecified atom stereocenters. The van der Waals surface area contributed by atoms with Crippen molar-refractivity contribution < 1.29 is 0 Å². The molecule has 7 heteroatoms. The fourth-order valence-electron chi connectivity index (χ4n) is 8.50. The van der Waals surface area contributed by atoms with Crippen molar-refractivity contribution in [3.8, 4) is 41.8 Å². The molecule has 0 N–H and O–H groups in total. The second-order valence-electron chi connectivity index (χ2n) is 15.5. The van der Waals surface area contributed by atoms with Crippen molar-refractivity contribution in [3.63, 3.8) is 0 Å². The first-order valence-corrected chi connectivity index (χ1v) is 28.2. The van der Waals surface area contributed by atoms with E-state index in [9.17, 15) is 0 Å². The maximum Gasteiger partial charge on any atom is 0.114 e. The van der Waals surface area contributed by atoms with Crippen LogP contribution in [0.2, 0.25) is 48.4 Å². The van der Waals surface area contributed by atoms with E-state index in [0.29, 0.717) is 0 Å². The first-order chi connectivity index (χ1) is 27.9. The van der Waals surface area contributed by atoms with Gasteiger partial charge < -0.3 is 0 Å². The Morgan fingerprint density at radius 1 is 0.421 bits per heavy atom. The fourth-order valence-corrected chi connectivity index (χ4v) is 18.9. The van der Waals surface area contributed by atoms with Gasteiger partial charge in [0.2, 0.25) is 0 Å². The number of aromatic nitrogens is 2. The molecule has 0 amide bonds. The molecule has 0 aliphatic heterocycles. The SMILES string of the molecule is C=CC[Si](CC=C)(CC=C)CCCc1ccc(-c2ccc(-c3ccc(-c4ccc(-c5ccc(CCC[Si](CC=C)(CC=C)CC=C)cc5)s4)c4nsnc34)s2)cc1. The minimum atomic E-state index is -1.47. The van der Waals surface area contributed by atoms with Gasteiger partial charge in [0.25, 0.3) is 0 Å². The molecular formula is C50H56N2S3Si2. The third-order valence-electron chi connectivity index (χ3n) is 11.4. The van der Waals surface area contributed by atoms with Gasteiger partial charge in [-0.1, -0.05) is 122 Å². The van der Waals surface area contributed by atoms with Crippen molar-refractivity contribution in [1.29, 1.82) is 0 Å². The third-order valence-corrected chi connectivity index (χ3v) is 24.1. The van der Waals surface area contributed by atoms with Crippen LogP contribution in [0.25, 0.3) is 52.8 Å². The molecule has 6 rings (SSSR count). The smallest absolute Gasteiger partial charge is 0.114 e. The molecule has 0 saturated heterocycles. The van der Waals surface area contributed by atoms with Crippen LogP contribution in [-0.4, -0.2) is 24.9 Å². The first-order valence-electron chi connectivity index (χ1n) is 20.2. The zero-order chi connectivity index (χ0) is 40.1. The Morgan fingerprint density at radius 3 is 1.09 bits per heavy atom. The number of thiophene rings is 2. The predicted octanol–water partition coefficient (Wildman–Crippen LogP) is 16.4. The van der Waals surface area contributed by atoms with Crippen LogP contribution < -0.4 is 0 Å². The lowest BCUT2D eigenvalue weighted by molar-refractivity contribution is 0.892. The van der Waals surface area contributed by atoms with Gasteiger partial charge in [-0.15, -0.1) is 62.1 Å². The minimum absolute atomic E-state index is 0.978. The maximum absolute atomic E-state index is 4.82. The van der Waals surface area contributed by atoms with Crippen molar-refractivity contribution in [2.45, 2.75) is 74.0 Å². The van der Waals surface area contributed by atoms with Crippen LogP contribution in [0, 0.1) is 0 Å². The monoisotopic (exact) mass is 836 g/mol. The molecular weight excluding hydrogens is 781 g/mol. The molecule has 57 heavy (non-hydrogen) atoms. The fraction of sp³-hybridized carbons (Fsp3) is 0.240. The summed E-state index contributed by atoms with van der Waals surface area (Å²) in [6, 6.07) is 41.1. The van der Waals surface area contributed by atoms with Crippen LogP contribution in [0.3, 0.4) is 0 Å². The minimum Gasteiger partial charge on any atom is -0.172 e. The summed E-state index contributed by atoms with van der Waals surface area (Å²) in [5.41, 5.74) is 9.56. The van der Waals surface area contributed by atoms with Gasteiger partial charge >= 0.3 is 0 Å². The maximum atomic E-state index is 4.82. The van der Waals surface area contributed by atoms with E-state index in [1.165, 1.54) is 78.4 Å². The summed E-state index contributed by atoms with van der Waals surface area (Å²) < 4.78 is 9.63. The number of rotatable bonds is 24. The van der Waals surface area contributed by atoms with Crippen LogP contribution in [0.1, 0.15) is 24.0 Å². The Bertz CT molecular complexity index is 2080. The number of fused-ring (bicyclic) bond motifs is 1. The van der Waals surface area contributed by atoms with Gasteiger partial charge in [-0.05, 0) is 95.6 Å². The quantitative estimate of drug-likeness (QED) is 0.0448. The Hall–Kier alpha value is -4.25. The van der Waals surface area contributed by atoms with Crippen molar-refractivity contribution in [2.24, 2.45) is 0 Å². The highest BCUT2D eigenvalue weighted by Gasteiger charge is 2.29. The van der Waals surface area contributed by atoms with E-state index in [0.717, 1.165) is 71.3 Å². The molecule has 3 heterocycles. The van der Waals surface area contributed by atoms with Crippen LogP contribution in [0.4, 0.5) is 0 Å². The highest BCUT2D eigenvalue weighted by molar-refractivity contribution is 7.19. The van der Waals surface area contributed by atoms with Gasteiger partial charge in [0.15, 0.2) is 0 Å². The van der Waals surface area contributed by atoms with Gasteiger partial charge in [0.1, 0.15) is 11.0 Å².